The molecule has 0 radical (unpaired) electrons. The summed E-state index contributed by atoms with van der Waals surface area (Å²) in [4.78, 5) is 26.4. The van der Waals surface area contributed by atoms with Crippen LogP contribution in [0.15, 0.2) is 24.3 Å². The fourth-order valence-electron chi connectivity index (χ4n) is 3.25. The number of hydrogen-bond acceptors (Lipinski definition) is 3. The van der Waals surface area contributed by atoms with Crippen molar-refractivity contribution in [2.75, 3.05) is 36.8 Å². The van der Waals surface area contributed by atoms with Crippen molar-refractivity contribution < 1.29 is 9.59 Å². The van der Waals surface area contributed by atoms with E-state index in [4.69, 9.17) is 0 Å². The van der Waals surface area contributed by atoms with Crippen molar-refractivity contribution in [3.8, 4) is 0 Å². The summed E-state index contributed by atoms with van der Waals surface area (Å²) in [6.07, 6.45) is 4.56. The molecule has 3 amide bonds. The summed E-state index contributed by atoms with van der Waals surface area (Å²) in [5.41, 5.74) is 1.51. The molecule has 1 atom stereocenters. The first kappa shape index (κ1) is 17.7. The summed E-state index contributed by atoms with van der Waals surface area (Å²) in [6, 6.07) is 7.30. The molecule has 3 N–H and O–H groups in total. The molecule has 2 aliphatic rings. The first-order chi connectivity index (χ1) is 12.1. The summed E-state index contributed by atoms with van der Waals surface area (Å²) in [5, 5.41) is 9.09. The van der Waals surface area contributed by atoms with E-state index in [-0.39, 0.29) is 17.9 Å². The van der Waals surface area contributed by atoms with Crippen molar-refractivity contribution in [3.63, 3.8) is 0 Å². The van der Waals surface area contributed by atoms with Gasteiger partial charge in [0.15, 0.2) is 0 Å². The van der Waals surface area contributed by atoms with Crippen LogP contribution in [0.4, 0.5) is 16.2 Å². The molecular weight excluding hydrogens is 316 g/mol. The Kier molecular flexibility index (Phi) is 5.91. The van der Waals surface area contributed by atoms with Crippen LogP contribution in [0.25, 0.3) is 0 Å². The monoisotopic (exact) mass is 344 g/mol. The van der Waals surface area contributed by atoms with Gasteiger partial charge in [0.1, 0.15) is 0 Å². The molecule has 2 fully saturated rings. The molecule has 1 unspecified atom stereocenters. The lowest BCUT2D eigenvalue weighted by Crippen LogP contribution is -2.48. The predicted molar refractivity (Wildman–Crippen MR) is 99.7 cm³/mol. The van der Waals surface area contributed by atoms with Crippen LogP contribution in [-0.4, -0.2) is 43.0 Å². The lowest BCUT2D eigenvalue weighted by Gasteiger charge is -2.31. The number of carbonyl (C=O) groups is 2. The number of anilines is 2. The highest BCUT2D eigenvalue weighted by molar-refractivity contribution is 5.93. The van der Waals surface area contributed by atoms with Crippen LogP contribution in [0.3, 0.4) is 0 Å². The van der Waals surface area contributed by atoms with Crippen LogP contribution in [0.1, 0.15) is 32.6 Å². The summed E-state index contributed by atoms with van der Waals surface area (Å²) >= 11 is 0. The first-order valence-electron chi connectivity index (χ1n) is 9.31. The summed E-state index contributed by atoms with van der Waals surface area (Å²) in [7, 11) is 0. The van der Waals surface area contributed by atoms with Crippen molar-refractivity contribution in [2.45, 2.75) is 32.6 Å². The van der Waals surface area contributed by atoms with Crippen molar-refractivity contribution in [1.29, 1.82) is 0 Å². The van der Waals surface area contributed by atoms with E-state index in [1.807, 2.05) is 36.1 Å². The quantitative estimate of drug-likeness (QED) is 0.786. The Bertz CT molecular complexity index is 590. The van der Waals surface area contributed by atoms with Crippen LogP contribution in [0.5, 0.6) is 0 Å². The van der Waals surface area contributed by atoms with Gasteiger partial charge >= 0.3 is 6.03 Å². The van der Waals surface area contributed by atoms with Gasteiger partial charge < -0.3 is 20.9 Å². The van der Waals surface area contributed by atoms with Gasteiger partial charge in [-0.1, -0.05) is 19.8 Å². The summed E-state index contributed by atoms with van der Waals surface area (Å²) < 4.78 is 0. The number of benzene rings is 1. The van der Waals surface area contributed by atoms with E-state index in [9.17, 15) is 9.59 Å². The normalized spacial score (nSPS) is 19.5. The van der Waals surface area contributed by atoms with Gasteiger partial charge in [-0.15, -0.1) is 0 Å². The molecule has 25 heavy (non-hydrogen) atoms. The van der Waals surface area contributed by atoms with Crippen molar-refractivity contribution in [3.05, 3.63) is 24.3 Å². The molecule has 1 aromatic carbocycles. The number of amides is 3. The van der Waals surface area contributed by atoms with Gasteiger partial charge in [0.2, 0.25) is 5.91 Å². The second-order valence-corrected chi connectivity index (χ2v) is 7.11. The minimum absolute atomic E-state index is 0.00339. The van der Waals surface area contributed by atoms with Crippen LogP contribution in [-0.2, 0) is 4.79 Å². The minimum atomic E-state index is -0.0372. The number of nitrogens with zero attached hydrogens (tertiary/aromatic N) is 1. The molecular formula is C19H28N4O2. The Hall–Kier alpha value is -2.08. The highest BCUT2D eigenvalue weighted by Gasteiger charge is 2.28. The molecule has 136 valence electrons. The van der Waals surface area contributed by atoms with Gasteiger partial charge in [-0.25, -0.2) is 4.79 Å². The highest BCUT2D eigenvalue weighted by Crippen LogP contribution is 2.20. The average molecular weight is 344 g/mol. The van der Waals surface area contributed by atoms with Gasteiger partial charge in [-0.3, -0.25) is 4.79 Å². The summed E-state index contributed by atoms with van der Waals surface area (Å²) in [5.74, 6) is 0.476. The lowest BCUT2D eigenvalue weighted by molar-refractivity contribution is -0.121. The summed E-state index contributed by atoms with van der Waals surface area (Å²) in [6.45, 7) is 5.45. The Morgan fingerprint density at radius 2 is 1.56 bits per heavy atom. The van der Waals surface area contributed by atoms with Crippen molar-refractivity contribution in [1.82, 2.24) is 10.2 Å². The number of rotatable bonds is 4. The zero-order valence-electron chi connectivity index (χ0n) is 14.9. The van der Waals surface area contributed by atoms with Gasteiger partial charge in [0, 0.05) is 30.4 Å². The topological polar surface area (TPSA) is 73.5 Å². The van der Waals surface area contributed by atoms with E-state index < -0.39 is 0 Å². The van der Waals surface area contributed by atoms with Gasteiger partial charge in [-0.05, 0) is 56.1 Å². The Morgan fingerprint density at radius 3 is 2.08 bits per heavy atom. The van der Waals surface area contributed by atoms with E-state index in [1.165, 1.54) is 12.8 Å². The maximum atomic E-state index is 12.3. The molecule has 2 aliphatic heterocycles. The molecule has 0 aromatic heterocycles. The standard InChI is InChI=1S/C19H28N4O2/c1-14(15-12-20-13-15)18(24)21-16-6-8-17(9-7-16)22-19(25)23-10-4-2-3-5-11-23/h6-9,14-15,20H,2-5,10-13H2,1H3,(H,21,24)(H,22,25). The van der Waals surface area contributed by atoms with E-state index in [1.54, 1.807) is 0 Å². The zero-order valence-corrected chi connectivity index (χ0v) is 14.9. The molecule has 6 nitrogen and oxygen atoms in total. The first-order valence-corrected chi connectivity index (χ1v) is 9.31. The third-order valence-electron chi connectivity index (χ3n) is 5.23. The van der Waals surface area contributed by atoms with Crippen LogP contribution in [0, 0.1) is 11.8 Å². The molecule has 0 spiro atoms. The van der Waals surface area contributed by atoms with E-state index in [2.05, 4.69) is 16.0 Å². The zero-order chi connectivity index (χ0) is 17.6. The molecule has 0 bridgehead atoms. The highest BCUT2D eigenvalue weighted by atomic mass is 16.2. The smallest absolute Gasteiger partial charge is 0.321 e. The molecule has 2 saturated heterocycles. The molecule has 1 aromatic rings. The van der Waals surface area contributed by atoms with Crippen LogP contribution >= 0.6 is 0 Å². The van der Waals surface area contributed by atoms with Crippen LogP contribution < -0.4 is 16.0 Å². The Balaban J connectivity index is 1.51. The Morgan fingerprint density at radius 1 is 1.00 bits per heavy atom. The van der Waals surface area contributed by atoms with Gasteiger partial charge in [0.05, 0.1) is 0 Å². The van der Waals surface area contributed by atoms with E-state index in [0.717, 1.165) is 50.4 Å². The van der Waals surface area contributed by atoms with E-state index >= 15 is 0 Å². The molecule has 0 aliphatic carbocycles. The Labute approximate surface area is 149 Å². The molecule has 3 rings (SSSR count). The number of likely N-dealkylation sites (tertiary alicyclic amines) is 1. The fourth-order valence-corrected chi connectivity index (χ4v) is 3.25. The molecule has 6 heteroatoms. The molecule has 2 heterocycles. The van der Waals surface area contributed by atoms with Crippen molar-refractivity contribution >= 4 is 23.3 Å². The number of carbonyl (C=O) groups excluding carboxylic acids is 2. The second-order valence-electron chi connectivity index (χ2n) is 7.11. The van der Waals surface area contributed by atoms with Crippen LogP contribution in [0.2, 0.25) is 0 Å². The second kappa shape index (κ2) is 8.34. The number of nitrogens with one attached hydrogen (secondary N) is 3. The largest absolute Gasteiger partial charge is 0.326 e. The van der Waals surface area contributed by atoms with E-state index in [0.29, 0.717) is 5.92 Å². The molecule has 0 saturated carbocycles. The maximum Gasteiger partial charge on any atom is 0.321 e. The maximum absolute atomic E-state index is 12.3. The third-order valence-corrected chi connectivity index (χ3v) is 5.23. The van der Waals surface area contributed by atoms with Gasteiger partial charge in [-0.2, -0.15) is 0 Å². The average Bonchev–Trinajstić information content (AvgIpc) is 2.84. The minimum Gasteiger partial charge on any atom is -0.326 e. The predicted octanol–water partition coefficient (Wildman–Crippen LogP) is 2.89. The SMILES string of the molecule is CC(C(=O)Nc1ccc(NC(=O)N2CCCCCC2)cc1)C1CNC1. The number of urea groups is 1. The third kappa shape index (κ3) is 4.72. The van der Waals surface area contributed by atoms with Gasteiger partial charge in [0.25, 0.3) is 0 Å². The number of hydrogen-bond donors (Lipinski definition) is 3. The fraction of sp³-hybridized carbons (Fsp3) is 0.579. The van der Waals surface area contributed by atoms with Crippen molar-refractivity contribution in [2.24, 2.45) is 11.8 Å². The lowest BCUT2D eigenvalue weighted by atomic mass is 9.88.